The number of benzene rings is 1. The molecule has 1 aromatic carbocycles. The molecule has 0 aromatic heterocycles. The Balaban J connectivity index is 1.79. The van der Waals surface area contributed by atoms with Crippen molar-refractivity contribution in [3.05, 3.63) is 42.5 Å². The lowest BCUT2D eigenvalue weighted by molar-refractivity contribution is -0.135. The molecule has 136 valence electrons. The number of hydrogen-bond acceptors (Lipinski definition) is 3. The molecule has 1 saturated heterocycles. The predicted molar refractivity (Wildman–Crippen MR) is 101 cm³/mol. The molecule has 1 aliphatic rings. The minimum Gasteiger partial charge on any atom is -0.342 e. The van der Waals surface area contributed by atoms with Crippen LogP contribution < -0.4 is 5.32 Å². The number of carbonyl (C=O) groups is 2. The third-order valence-corrected chi connectivity index (χ3v) is 4.56. The van der Waals surface area contributed by atoms with Crippen molar-refractivity contribution in [3.8, 4) is 0 Å². The Labute approximate surface area is 150 Å². The van der Waals surface area contributed by atoms with E-state index in [9.17, 15) is 9.59 Å². The van der Waals surface area contributed by atoms with Crippen molar-refractivity contribution < 1.29 is 9.59 Å². The molecule has 5 heteroatoms. The normalized spacial score (nSPS) is 15.2. The van der Waals surface area contributed by atoms with Gasteiger partial charge in [0, 0.05) is 31.2 Å². The molecule has 2 amide bonds. The monoisotopic (exact) mass is 343 g/mol. The maximum atomic E-state index is 12.5. The number of rotatable bonds is 7. The number of likely N-dealkylation sites (tertiary alicyclic amines) is 1. The summed E-state index contributed by atoms with van der Waals surface area (Å²) in [7, 11) is 0. The molecule has 0 radical (unpaired) electrons. The van der Waals surface area contributed by atoms with Crippen LogP contribution in [0.1, 0.15) is 26.7 Å². The van der Waals surface area contributed by atoms with Gasteiger partial charge in [-0.25, -0.2) is 0 Å². The van der Waals surface area contributed by atoms with Gasteiger partial charge in [-0.1, -0.05) is 37.3 Å². The van der Waals surface area contributed by atoms with Crippen molar-refractivity contribution in [1.29, 1.82) is 0 Å². The van der Waals surface area contributed by atoms with Gasteiger partial charge in [-0.05, 0) is 38.4 Å². The zero-order valence-electron chi connectivity index (χ0n) is 15.3. The SMILES string of the molecule is C=C(C)CN(CC)CC(=O)N1CCC(C(=O)Nc2ccccc2)CC1. The van der Waals surface area contributed by atoms with Gasteiger partial charge in [0.2, 0.25) is 11.8 Å². The Morgan fingerprint density at radius 2 is 1.84 bits per heavy atom. The van der Waals surface area contributed by atoms with Crippen LogP contribution in [0, 0.1) is 5.92 Å². The van der Waals surface area contributed by atoms with Crippen LogP contribution in [0.2, 0.25) is 0 Å². The molecule has 0 spiro atoms. The minimum atomic E-state index is -0.0260. The highest BCUT2D eigenvalue weighted by Gasteiger charge is 2.27. The predicted octanol–water partition coefficient (Wildman–Crippen LogP) is 2.76. The second kappa shape index (κ2) is 9.37. The van der Waals surface area contributed by atoms with Crippen LogP contribution in [0.25, 0.3) is 0 Å². The summed E-state index contributed by atoms with van der Waals surface area (Å²) in [6, 6.07) is 9.50. The van der Waals surface area contributed by atoms with Gasteiger partial charge >= 0.3 is 0 Å². The summed E-state index contributed by atoms with van der Waals surface area (Å²) in [6.07, 6.45) is 1.44. The zero-order chi connectivity index (χ0) is 18.2. The number of para-hydroxylation sites is 1. The van der Waals surface area contributed by atoms with Crippen molar-refractivity contribution in [2.75, 3.05) is 38.0 Å². The lowest BCUT2D eigenvalue weighted by atomic mass is 9.95. The lowest BCUT2D eigenvalue weighted by Crippen LogP contribution is -2.46. The second-order valence-electron chi connectivity index (χ2n) is 6.77. The third-order valence-electron chi connectivity index (χ3n) is 4.56. The van der Waals surface area contributed by atoms with E-state index < -0.39 is 0 Å². The fraction of sp³-hybridized carbons (Fsp3) is 0.500. The van der Waals surface area contributed by atoms with E-state index in [4.69, 9.17) is 0 Å². The van der Waals surface area contributed by atoms with E-state index in [0.29, 0.717) is 19.6 Å². The van der Waals surface area contributed by atoms with Gasteiger partial charge in [-0.15, -0.1) is 0 Å². The summed E-state index contributed by atoms with van der Waals surface area (Å²) in [6.45, 7) is 11.2. The summed E-state index contributed by atoms with van der Waals surface area (Å²) in [5.74, 6) is 0.169. The molecule has 1 aromatic rings. The highest BCUT2D eigenvalue weighted by Crippen LogP contribution is 2.19. The molecule has 0 aliphatic carbocycles. The number of piperidine rings is 1. The van der Waals surface area contributed by atoms with E-state index in [-0.39, 0.29) is 17.7 Å². The Kier molecular flexibility index (Phi) is 7.19. The molecule has 0 atom stereocenters. The number of hydrogen-bond donors (Lipinski definition) is 1. The number of anilines is 1. The van der Waals surface area contributed by atoms with Crippen molar-refractivity contribution in [3.63, 3.8) is 0 Å². The standard InChI is InChI=1S/C20H29N3O2/c1-4-22(14-16(2)3)15-19(24)23-12-10-17(11-13-23)20(25)21-18-8-6-5-7-9-18/h5-9,17H,2,4,10-15H2,1,3H3,(H,21,25). The van der Waals surface area contributed by atoms with Crippen LogP contribution in [0.15, 0.2) is 42.5 Å². The summed E-state index contributed by atoms with van der Waals surface area (Å²) < 4.78 is 0. The van der Waals surface area contributed by atoms with E-state index in [2.05, 4.69) is 23.7 Å². The fourth-order valence-electron chi connectivity index (χ4n) is 3.11. The first-order valence-corrected chi connectivity index (χ1v) is 9.00. The first kappa shape index (κ1) is 19.2. The Morgan fingerprint density at radius 3 is 2.40 bits per heavy atom. The van der Waals surface area contributed by atoms with Gasteiger partial charge in [0.05, 0.1) is 6.54 Å². The van der Waals surface area contributed by atoms with Gasteiger partial charge in [0.15, 0.2) is 0 Å². The molecule has 0 unspecified atom stereocenters. The molecular formula is C20H29N3O2. The summed E-state index contributed by atoms with van der Waals surface area (Å²) >= 11 is 0. The Morgan fingerprint density at radius 1 is 1.20 bits per heavy atom. The molecule has 0 saturated carbocycles. The summed E-state index contributed by atoms with van der Waals surface area (Å²) in [5.41, 5.74) is 1.88. The van der Waals surface area contributed by atoms with Gasteiger partial charge < -0.3 is 10.2 Å². The molecule has 0 bridgehead atoms. The molecule has 1 aliphatic heterocycles. The lowest BCUT2D eigenvalue weighted by Gasteiger charge is -2.33. The molecule has 1 fully saturated rings. The average molecular weight is 343 g/mol. The maximum absolute atomic E-state index is 12.5. The van der Waals surface area contributed by atoms with Gasteiger partial charge in [-0.3, -0.25) is 14.5 Å². The van der Waals surface area contributed by atoms with Crippen LogP contribution in [0.5, 0.6) is 0 Å². The molecule has 5 nitrogen and oxygen atoms in total. The number of nitrogens with one attached hydrogen (secondary N) is 1. The Bertz CT molecular complexity index is 592. The number of likely N-dealkylation sites (N-methyl/N-ethyl adjacent to an activating group) is 1. The average Bonchev–Trinajstić information content (AvgIpc) is 2.61. The maximum Gasteiger partial charge on any atom is 0.236 e. The van der Waals surface area contributed by atoms with Crippen LogP contribution in [0.4, 0.5) is 5.69 Å². The molecule has 1 heterocycles. The third kappa shape index (κ3) is 6.02. The van der Waals surface area contributed by atoms with E-state index in [1.165, 1.54) is 0 Å². The molecule has 2 rings (SSSR count). The van der Waals surface area contributed by atoms with Gasteiger partial charge in [-0.2, -0.15) is 0 Å². The Hall–Kier alpha value is -2.14. The van der Waals surface area contributed by atoms with Crippen LogP contribution in [-0.2, 0) is 9.59 Å². The van der Waals surface area contributed by atoms with E-state index in [0.717, 1.165) is 37.2 Å². The largest absolute Gasteiger partial charge is 0.342 e. The van der Waals surface area contributed by atoms with Gasteiger partial charge in [0.1, 0.15) is 0 Å². The summed E-state index contributed by atoms with van der Waals surface area (Å²) in [4.78, 5) is 28.8. The quantitative estimate of drug-likeness (QED) is 0.775. The fourth-order valence-corrected chi connectivity index (χ4v) is 3.11. The van der Waals surface area contributed by atoms with Crippen molar-refractivity contribution >= 4 is 17.5 Å². The van der Waals surface area contributed by atoms with Crippen molar-refractivity contribution in [2.24, 2.45) is 5.92 Å². The minimum absolute atomic E-state index is 0.0260. The number of carbonyl (C=O) groups excluding carboxylic acids is 2. The van der Waals surface area contributed by atoms with Crippen LogP contribution in [0.3, 0.4) is 0 Å². The number of nitrogens with zero attached hydrogens (tertiary/aromatic N) is 2. The number of amides is 2. The van der Waals surface area contributed by atoms with Crippen molar-refractivity contribution in [1.82, 2.24) is 9.80 Å². The highest BCUT2D eigenvalue weighted by molar-refractivity contribution is 5.92. The molecular weight excluding hydrogens is 314 g/mol. The smallest absolute Gasteiger partial charge is 0.236 e. The van der Waals surface area contributed by atoms with E-state index >= 15 is 0 Å². The zero-order valence-corrected chi connectivity index (χ0v) is 15.3. The van der Waals surface area contributed by atoms with Crippen molar-refractivity contribution in [2.45, 2.75) is 26.7 Å². The van der Waals surface area contributed by atoms with Gasteiger partial charge in [0.25, 0.3) is 0 Å². The van der Waals surface area contributed by atoms with Crippen LogP contribution >= 0.6 is 0 Å². The molecule has 1 N–H and O–H groups in total. The van der Waals surface area contributed by atoms with E-state index in [1.54, 1.807) is 0 Å². The second-order valence-corrected chi connectivity index (χ2v) is 6.77. The van der Waals surface area contributed by atoms with E-state index in [1.807, 2.05) is 42.2 Å². The summed E-state index contributed by atoms with van der Waals surface area (Å²) in [5, 5.41) is 2.96. The topological polar surface area (TPSA) is 52.7 Å². The highest BCUT2D eigenvalue weighted by atomic mass is 16.2. The first-order chi connectivity index (χ1) is 12.0. The molecule has 25 heavy (non-hydrogen) atoms. The first-order valence-electron chi connectivity index (χ1n) is 9.00. The van der Waals surface area contributed by atoms with Crippen LogP contribution in [-0.4, -0.2) is 54.3 Å².